The zero-order valence-electron chi connectivity index (χ0n) is 14.4. The second-order valence-corrected chi connectivity index (χ2v) is 6.10. The first-order valence-electron chi connectivity index (χ1n) is 7.98. The molecule has 0 radical (unpaired) electrons. The molecule has 3 aromatic rings. The molecular formula is C16H20N6O3. The van der Waals surface area contributed by atoms with Crippen LogP contribution >= 0.6 is 0 Å². The van der Waals surface area contributed by atoms with Gasteiger partial charge < -0.3 is 9.84 Å². The Morgan fingerprint density at radius 1 is 1.48 bits per heavy atom. The predicted octanol–water partition coefficient (Wildman–Crippen LogP) is 1.08. The van der Waals surface area contributed by atoms with Crippen LogP contribution in [-0.2, 0) is 5.41 Å². The van der Waals surface area contributed by atoms with Crippen LogP contribution in [0.4, 0.5) is 0 Å². The van der Waals surface area contributed by atoms with Gasteiger partial charge in [-0.25, -0.2) is 4.98 Å². The zero-order chi connectivity index (χ0) is 18.0. The normalized spacial score (nSPS) is 13.8. The molecule has 2 N–H and O–H groups in total. The Morgan fingerprint density at radius 2 is 2.28 bits per heavy atom. The van der Waals surface area contributed by atoms with Gasteiger partial charge in [-0.3, -0.25) is 9.20 Å². The molecule has 0 saturated carbocycles. The molecule has 1 unspecified atom stereocenters. The summed E-state index contributed by atoms with van der Waals surface area (Å²) >= 11 is 0. The van der Waals surface area contributed by atoms with E-state index >= 15 is 0 Å². The van der Waals surface area contributed by atoms with Crippen LogP contribution in [-0.4, -0.2) is 54.1 Å². The summed E-state index contributed by atoms with van der Waals surface area (Å²) in [5, 5.41) is 23.5. The quantitative estimate of drug-likeness (QED) is 0.616. The van der Waals surface area contributed by atoms with Gasteiger partial charge >= 0.3 is 0 Å². The van der Waals surface area contributed by atoms with Crippen molar-refractivity contribution in [3.63, 3.8) is 0 Å². The smallest absolute Gasteiger partial charge is 0.183 e. The van der Waals surface area contributed by atoms with E-state index in [1.165, 1.54) is 0 Å². The van der Waals surface area contributed by atoms with E-state index in [0.29, 0.717) is 35.2 Å². The average Bonchev–Trinajstić information content (AvgIpc) is 3.23. The summed E-state index contributed by atoms with van der Waals surface area (Å²) < 4.78 is 7.30. The maximum absolute atomic E-state index is 13.0. The van der Waals surface area contributed by atoms with Crippen LogP contribution in [0.25, 0.3) is 5.65 Å². The van der Waals surface area contributed by atoms with Crippen molar-refractivity contribution >= 4 is 11.4 Å². The number of carbonyl (C=O) groups excluding carboxylic acids is 1. The number of pyridine rings is 1. The number of nitrogens with zero attached hydrogens (tertiary/aromatic N) is 5. The lowest BCUT2D eigenvalue weighted by molar-refractivity contribution is 0.0906. The lowest BCUT2D eigenvalue weighted by atomic mass is 9.84. The SMILES string of the molecule is CCOc1cccn2c(C(=O)CC(C)(CO)c3nn[nH]n3)c(C)nc12. The van der Waals surface area contributed by atoms with Gasteiger partial charge in [0.25, 0.3) is 0 Å². The second kappa shape index (κ2) is 6.60. The Morgan fingerprint density at radius 3 is 2.92 bits per heavy atom. The number of H-pyrrole nitrogens is 1. The molecule has 1 atom stereocenters. The van der Waals surface area contributed by atoms with Gasteiger partial charge in [-0.1, -0.05) is 5.21 Å². The van der Waals surface area contributed by atoms with Crippen molar-refractivity contribution in [3.05, 3.63) is 35.5 Å². The lowest BCUT2D eigenvalue weighted by Gasteiger charge is -2.22. The Balaban J connectivity index is 2.00. The number of imidazole rings is 1. The van der Waals surface area contributed by atoms with E-state index in [1.807, 2.05) is 13.0 Å². The number of hydrogen-bond donors (Lipinski definition) is 2. The Hall–Kier alpha value is -2.81. The average molecular weight is 344 g/mol. The highest BCUT2D eigenvalue weighted by Crippen LogP contribution is 2.28. The van der Waals surface area contributed by atoms with Gasteiger partial charge in [0, 0.05) is 12.6 Å². The molecule has 0 bridgehead atoms. The molecular weight excluding hydrogens is 324 g/mol. The van der Waals surface area contributed by atoms with Crippen molar-refractivity contribution in [2.75, 3.05) is 13.2 Å². The van der Waals surface area contributed by atoms with Crippen LogP contribution in [0.3, 0.4) is 0 Å². The van der Waals surface area contributed by atoms with Gasteiger partial charge in [0.1, 0.15) is 5.69 Å². The van der Waals surface area contributed by atoms with E-state index in [2.05, 4.69) is 25.6 Å². The summed E-state index contributed by atoms with van der Waals surface area (Å²) in [6, 6.07) is 3.62. The van der Waals surface area contributed by atoms with Crippen molar-refractivity contribution < 1.29 is 14.6 Å². The number of aromatic nitrogens is 6. The topological polar surface area (TPSA) is 118 Å². The molecule has 132 valence electrons. The summed E-state index contributed by atoms with van der Waals surface area (Å²) in [4.78, 5) is 17.5. The van der Waals surface area contributed by atoms with E-state index < -0.39 is 5.41 Å². The number of ketones is 1. The molecule has 9 heteroatoms. The summed E-state index contributed by atoms with van der Waals surface area (Å²) in [6.07, 6.45) is 1.80. The minimum absolute atomic E-state index is 0.0243. The highest BCUT2D eigenvalue weighted by Gasteiger charge is 2.35. The third kappa shape index (κ3) is 2.98. The molecule has 0 spiro atoms. The van der Waals surface area contributed by atoms with Crippen molar-refractivity contribution in [2.24, 2.45) is 0 Å². The first kappa shape index (κ1) is 17.0. The molecule has 0 aliphatic heterocycles. The monoisotopic (exact) mass is 344 g/mol. The van der Waals surface area contributed by atoms with Gasteiger partial charge in [-0.2, -0.15) is 5.21 Å². The van der Waals surface area contributed by atoms with Gasteiger partial charge in [-0.05, 0) is 32.9 Å². The fourth-order valence-corrected chi connectivity index (χ4v) is 2.82. The summed E-state index contributed by atoms with van der Waals surface area (Å²) in [7, 11) is 0. The number of tetrazole rings is 1. The summed E-state index contributed by atoms with van der Waals surface area (Å²) in [6.45, 7) is 5.62. The van der Waals surface area contributed by atoms with Gasteiger partial charge in [0.05, 0.1) is 24.3 Å². The molecule has 9 nitrogen and oxygen atoms in total. The number of fused-ring (bicyclic) bond motifs is 1. The Bertz CT molecular complexity index is 889. The minimum Gasteiger partial charge on any atom is -0.490 e. The summed E-state index contributed by atoms with van der Waals surface area (Å²) in [5.41, 5.74) is 0.721. The molecule has 0 amide bonds. The highest BCUT2D eigenvalue weighted by molar-refractivity contribution is 5.97. The van der Waals surface area contributed by atoms with Crippen LogP contribution in [0.15, 0.2) is 18.3 Å². The van der Waals surface area contributed by atoms with Gasteiger partial charge in [0.15, 0.2) is 23.0 Å². The lowest BCUT2D eigenvalue weighted by Crippen LogP contribution is -2.32. The Labute approximate surface area is 144 Å². The van der Waals surface area contributed by atoms with E-state index in [4.69, 9.17) is 4.74 Å². The molecule has 3 aromatic heterocycles. The van der Waals surface area contributed by atoms with E-state index in [0.717, 1.165) is 0 Å². The van der Waals surface area contributed by atoms with Crippen molar-refractivity contribution in [1.29, 1.82) is 0 Å². The first-order valence-corrected chi connectivity index (χ1v) is 7.98. The van der Waals surface area contributed by atoms with Crippen LogP contribution < -0.4 is 4.74 Å². The van der Waals surface area contributed by atoms with Crippen molar-refractivity contribution in [1.82, 2.24) is 30.0 Å². The van der Waals surface area contributed by atoms with Gasteiger partial charge in [-0.15, -0.1) is 10.2 Å². The van der Waals surface area contributed by atoms with Crippen LogP contribution in [0.1, 0.15) is 42.3 Å². The van der Waals surface area contributed by atoms with Crippen molar-refractivity contribution in [3.8, 4) is 5.75 Å². The molecule has 3 rings (SSSR count). The van der Waals surface area contributed by atoms with E-state index in [9.17, 15) is 9.90 Å². The van der Waals surface area contributed by atoms with E-state index in [-0.39, 0.29) is 18.8 Å². The number of aliphatic hydroxyl groups excluding tert-OH is 1. The first-order chi connectivity index (χ1) is 12.0. The fraction of sp³-hybridized carbons (Fsp3) is 0.438. The largest absolute Gasteiger partial charge is 0.490 e. The standard InChI is InChI=1S/C16H20N6O3/c1-4-25-12-6-5-7-22-13(10(2)17-14(12)22)11(24)8-16(3,9-23)15-18-20-21-19-15/h5-7,23H,4,8-9H2,1-3H3,(H,18,19,20,21). The van der Waals surface area contributed by atoms with Gasteiger partial charge in [0.2, 0.25) is 0 Å². The minimum atomic E-state index is -0.932. The number of rotatable bonds is 7. The molecule has 0 saturated heterocycles. The molecule has 0 fully saturated rings. The molecule has 25 heavy (non-hydrogen) atoms. The van der Waals surface area contributed by atoms with Crippen molar-refractivity contribution in [2.45, 2.75) is 32.6 Å². The number of ether oxygens (including phenoxy) is 1. The summed E-state index contributed by atoms with van der Waals surface area (Å²) in [5.74, 6) is 0.750. The number of aromatic amines is 1. The van der Waals surface area contributed by atoms with Crippen LogP contribution in [0, 0.1) is 6.92 Å². The third-order valence-electron chi connectivity index (χ3n) is 4.14. The maximum Gasteiger partial charge on any atom is 0.183 e. The number of nitrogens with one attached hydrogen (secondary N) is 1. The number of carbonyl (C=O) groups is 1. The van der Waals surface area contributed by atoms with E-state index in [1.54, 1.807) is 30.5 Å². The fourth-order valence-electron chi connectivity index (χ4n) is 2.82. The third-order valence-corrected chi connectivity index (χ3v) is 4.14. The second-order valence-electron chi connectivity index (χ2n) is 6.10. The highest BCUT2D eigenvalue weighted by atomic mass is 16.5. The number of Topliss-reactive ketones (excluding diaryl/α,β-unsaturated/α-hetero) is 1. The number of aryl methyl sites for hydroxylation is 1. The maximum atomic E-state index is 13.0. The predicted molar refractivity (Wildman–Crippen MR) is 88.7 cm³/mol. The number of aliphatic hydroxyl groups is 1. The van der Waals surface area contributed by atoms with Crippen LogP contribution in [0.5, 0.6) is 5.75 Å². The molecule has 3 heterocycles. The number of hydrogen-bond acceptors (Lipinski definition) is 7. The van der Waals surface area contributed by atoms with Crippen LogP contribution in [0.2, 0.25) is 0 Å². The molecule has 0 aromatic carbocycles. The molecule has 0 aliphatic carbocycles. The Kier molecular flexibility index (Phi) is 4.49. The zero-order valence-corrected chi connectivity index (χ0v) is 14.4. The molecule has 0 aliphatic rings.